The van der Waals surface area contributed by atoms with Crippen molar-refractivity contribution in [2.24, 2.45) is 0 Å². The van der Waals surface area contributed by atoms with Crippen molar-refractivity contribution < 1.29 is 9.53 Å². The van der Waals surface area contributed by atoms with E-state index in [-0.39, 0.29) is 5.97 Å². The van der Waals surface area contributed by atoms with E-state index in [0.717, 1.165) is 5.52 Å². The Morgan fingerprint density at radius 1 is 1.62 bits per heavy atom. The fourth-order valence-electron chi connectivity index (χ4n) is 0.873. The van der Waals surface area contributed by atoms with Crippen molar-refractivity contribution in [2.75, 3.05) is 12.9 Å². The number of fused-ring (bicyclic) bond motifs is 1. The predicted molar refractivity (Wildman–Crippen MR) is 61.3 cm³/mol. The third-order valence-corrected chi connectivity index (χ3v) is 1.85. The molecule has 0 radical (unpaired) electrons. The molecular weight excluding hydrogens is 228 g/mol. The van der Waals surface area contributed by atoms with Gasteiger partial charge in [-0.05, 0) is 17.3 Å². The topological polar surface area (TPSA) is 69.4 Å². The summed E-state index contributed by atoms with van der Waals surface area (Å²) in [7, 11) is 1.37. The molecular formula is C9H12N4O2S. The number of carbonyl (C=O) groups excluding carboxylic acids is 1. The van der Waals surface area contributed by atoms with E-state index in [4.69, 9.17) is 0 Å². The van der Waals surface area contributed by atoms with Crippen LogP contribution in [0.25, 0.3) is 5.52 Å². The summed E-state index contributed by atoms with van der Waals surface area (Å²) in [5.41, 5.74) is 0.914. The van der Waals surface area contributed by atoms with Gasteiger partial charge in [0.25, 0.3) is 0 Å². The highest BCUT2D eigenvalue weighted by Gasteiger charge is 1.93. The van der Waals surface area contributed by atoms with E-state index in [2.05, 4.69) is 32.8 Å². The van der Waals surface area contributed by atoms with Crippen LogP contribution in [0, 0.1) is 0 Å². The average molecular weight is 240 g/mol. The molecule has 0 saturated carbocycles. The van der Waals surface area contributed by atoms with E-state index in [1.54, 1.807) is 12.4 Å². The van der Waals surface area contributed by atoms with Crippen LogP contribution in [0.3, 0.4) is 0 Å². The number of hydrogen-bond donors (Lipinski definition) is 1. The Hall–Kier alpha value is -1.63. The minimum Gasteiger partial charge on any atom is -0.469 e. The van der Waals surface area contributed by atoms with Crippen molar-refractivity contribution in [3.05, 3.63) is 24.5 Å². The van der Waals surface area contributed by atoms with Crippen molar-refractivity contribution >= 4 is 24.1 Å². The molecule has 0 N–H and O–H groups in total. The Balaban J connectivity index is 0.000000168. The first kappa shape index (κ1) is 12.4. The van der Waals surface area contributed by atoms with Crippen molar-refractivity contribution in [2.45, 2.75) is 6.42 Å². The van der Waals surface area contributed by atoms with Gasteiger partial charge in [0.2, 0.25) is 0 Å². The molecule has 0 atom stereocenters. The highest BCUT2D eigenvalue weighted by Crippen LogP contribution is 1.92. The van der Waals surface area contributed by atoms with E-state index in [0.29, 0.717) is 12.2 Å². The predicted octanol–water partition coefficient (Wildman–Crippen LogP) is 0.604. The molecule has 86 valence electrons. The van der Waals surface area contributed by atoms with E-state index < -0.39 is 0 Å². The molecule has 2 heterocycles. The van der Waals surface area contributed by atoms with Gasteiger partial charge in [0.1, 0.15) is 5.52 Å². The first-order valence-corrected chi connectivity index (χ1v) is 5.20. The van der Waals surface area contributed by atoms with E-state index >= 15 is 0 Å². The highest BCUT2D eigenvalue weighted by atomic mass is 32.1. The Labute approximate surface area is 98.0 Å². The van der Waals surface area contributed by atoms with Gasteiger partial charge >= 0.3 is 5.97 Å². The summed E-state index contributed by atoms with van der Waals surface area (Å²) < 4.78 is 5.78. The maximum atomic E-state index is 10.1. The Bertz CT molecular complexity index is 416. The molecule has 16 heavy (non-hydrogen) atoms. The van der Waals surface area contributed by atoms with Gasteiger partial charge in [-0.15, -0.1) is 9.73 Å². The lowest BCUT2D eigenvalue weighted by atomic mass is 10.5. The molecule has 0 unspecified atom stereocenters. The Morgan fingerprint density at radius 2 is 2.44 bits per heavy atom. The minimum absolute atomic E-state index is 0.199. The zero-order chi connectivity index (χ0) is 11.8. The highest BCUT2D eigenvalue weighted by molar-refractivity contribution is 7.80. The second-order valence-electron chi connectivity index (χ2n) is 2.72. The van der Waals surface area contributed by atoms with E-state index in [1.165, 1.54) is 11.7 Å². The molecule has 2 aromatic heterocycles. The monoisotopic (exact) mass is 240 g/mol. The summed E-state index contributed by atoms with van der Waals surface area (Å²) in [6, 6.07) is 3.74. The van der Waals surface area contributed by atoms with Crippen molar-refractivity contribution in [1.82, 2.24) is 20.0 Å². The largest absolute Gasteiger partial charge is 0.469 e. The summed E-state index contributed by atoms with van der Waals surface area (Å²) in [6.07, 6.45) is 3.73. The van der Waals surface area contributed by atoms with Gasteiger partial charge in [-0.2, -0.15) is 17.7 Å². The molecule has 0 bridgehead atoms. The first-order valence-electron chi connectivity index (χ1n) is 4.57. The van der Waals surface area contributed by atoms with Crippen LogP contribution in [0.4, 0.5) is 0 Å². The molecule has 2 aromatic rings. The van der Waals surface area contributed by atoms with Crippen molar-refractivity contribution in [3.63, 3.8) is 0 Å². The van der Waals surface area contributed by atoms with Crippen LogP contribution in [-0.2, 0) is 9.53 Å². The summed E-state index contributed by atoms with van der Waals surface area (Å²) in [6.45, 7) is 0. The summed E-state index contributed by atoms with van der Waals surface area (Å²) in [5, 5.41) is 11.2. The second kappa shape index (κ2) is 6.78. The van der Waals surface area contributed by atoms with Gasteiger partial charge in [-0.25, -0.2) is 0 Å². The Morgan fingerprint density at radius 3 is 3.00 bits per heavy atom. The lowest BCUT2D eigenvalue weighted by Gasteiger charge is -1.90. The number of nitrogens with zero attached hydrogens (tertiary/aromatic N) is 4. The fraction of sp³-hybridized carbons (Fsp3) is 0.333. The van der Waals surface area contributed by atoms with Crippen LogP contribution in [0.5, 0.6) is 0 Å². The molecule has 0 aliphatic carbocycles. The molecule has 0 aromatic carbocycles. The van der Waals surface area contributed by atoms with E-state index in [9.17, 15) is 4.79 Å². The molecule has 7 heteroatoms. The van der Waals surface area contributed by atoms with Crippen molar-refractivity contribution in [1.29, 1.82) is 0 Å². The maximum absolute atomic E-state index is 10.1. The SMILES string of the molecule is COC(=O)CCS.c1cnn2nncc2c1. The molecule has 0 aliphatic heterocycles. The smallest absolute Gasteiger partial charge is 0.306 e. The van der Waals surface area contributed by atoms with Crippen LogP contribution in [0.2, 0.25) is 0 Å². The van der Waals surface area contributed by atoms with Crippen LogP contribution in [-0.4, -0.2) is 38.9 Å². The van der Waals surface area contributed by atoms with Crippen LogP contribution >= 0.6 is 12.6 Å². The number of thiol groups is 1. The second-order valence-corrected chi connectivity index (χ2v) is 3.17. The standard InChI is InChI=1S/C5H4N4.C4H8O2S/c1-2-5-4-6-8-9(5)7-3-1;1-6-4(5)2-3-7/h1-4H;7H,2-3H2,1H3. The molecule has 0 aliphatic rings. The lowest BCUT2D eigenvalue weighted by Crippen LogP contribution is -1.99. The average Bonchev–Trinajstić information content (AvgIpc) is 2.78. The summed E-state index contributed by atoms with van der Waals surface area (Å²) in [5.74, 6) is 0.363. The van der Waals surface area contributed by atoms with Gasteiger partial charge in [0.15, 0.2) is 0 Å². The molecule has 6 nitrogen and oxygen atoms in total. The zero-order valence-electron chi connectivity index (χ0n) is 8.78. The minimum atomic E-state index is -0.199. The maximum Gasteiger partial charge on any atom is 0.306 e. The van der Waals surface area contributed by atoms with Crippen molar-refractivity contribution in [3.8, 4) is 0 Å². The number of rotatable bonds is 2. The molecule has 0 fully saturated rings. The molecule has 0 spiro atoms. The number of hydrogen-bond acceptors (Lipinski definition) is 6. The summed E-state index contributed by atoms with van der Waals surface area (Å²) in [4.78, 5) is 10.1. The van der Waals surface area contributed by atoms with Gasteiger partial charge in [0.05, 0.1) is 19.7 Å². The molecule has 0 saturated heterocycles. The molecule has 2 rings (SSSR count). The van der Waals surface area contributed by atoms with Gasteiger partial charge < -0.3 is 4.74 Å². The van der Waals surface area contributed by atoms with Gasteiger partial charge in [0, 0.05) is 11.9 Å². The Kier molecular flexibility index (Phi) is 5.27. The van der Waals surface area contributed by atoms with Crippen LogP contribution in [0.15, 0.2) is 24.5 Å². The van der Waals surface area contributed by atoms with Gasteiger partial charge in [-0.3, -0.25) is 4.79 Å². The normalized spacial score (nSPS) is 9.38. The number of aromatic nitrogens is 4. The quantitative estimate of drug-likeness (QED) is 0.615. The third-order valence-electron chi connectivity index (χ3n) is 1.63. The number of esters is 1. The number of methoxy groups -OCH3 is 1. The van der Waals surface area contributed by atoms with E-state index in [1.807, 2.05) is 12.1 Å². The van der Waals surface area contributed by atoms with Gasteiger partial charge in [-0.1, -0.05) is 0 Å². The first-order chi connectivity index (χ1) is 7.77. The number of ether oxygens (including phenoxy) is 1. The third kappa shape index (κ3) is 3.85. The van der Waals surface area contributed by atoms with Crippen LogP contribution in [0.1, 0.15) is 6.42 Å². The zero-order valence-corrected chi connectivity index (χ0v) is 9.67. The molecule has 0 amide bonds. The lowest BCUT2D eigenvalue weighted by molar-refractivity contribution is -0.140. The number of carbonyl (C=O) groups is 1. The van der Waals surface area contributed by atoms with Crippen LogP contribution < -0.4 is 0 Å². The fourth-order valence-corrected chi connectivity index (χ4v) is 1.06. The summed E-state index contributed by atoms with van der Waals surface area (Å²) >= 11 is 3.81.